The summed E-state index contributed by atoms with van der Waals surface area (Å²) in [6.07, 6.45) is 5.02. The Labute approximate surface area is 194 Å². The second-order valence-corrected chi connectivity index (χ2v) is 10.2. The fourth-order valence-electron chi connectivity index (χ4n) is 3.71. The number of hydrogen-bond acceptors (Lipinski definition) is 5. The predicted octanol–water partition coefficient (Wildman–Crippen LogP) is 6.17. The molecule has 0 saturated heterocycles. The van der Waals surface area contributed by atoms with E-state index in [9.17, 15) is 17.2 Å². The van der Waals surface area contributed by atoms with Crippen LogP contribution in [0.3, 0.4) is 0 Å². The number of anilines is 2. The molecule has 32 heavy (non-hydrogen) atoms. The number of rotatable bonds is 7. The lowest BCUT2D eigenvalue weighted by molar-refractivity contribution is 0.568. The van der Waals surface area contributed by atoms with Crippen LogP contribution in [0.15, 0.2) is 58.3 Å². The number of hydrogen-bond donors (Lipinski definition) is 2. The van der Waals surface area contributed by atoms with Crippen LogP contribution in [0, 0.1) is 17.6 Å². The van der Waals surface area contributed by atoms with Crippen molar-refractivity contribution >= 4 is 50.0 Å². The molecule has 4 rings (SSSR count). The van der Waals surface area contributed by atoms with E-state index in [2.05, 4.69) is 21.1 Å². The topological polar surface area (TPSA) is 71.1 Å². The maximum Gasteiger partial charge on any atom is 0.266 e. The van der Waals surface area contributed by atoms with Gasteiger partial charge in [-0.15, -0.1) is 11.3 Å². The van der Waals surface area contributed by atoms with Gasteiger partial charge in [0.2, 0.25) is 0 Å². The summed E-state index contributed by atoms with van der Waals surface area (Å²) in [5, 5.41) is 4.74. The van der Waals surface area contributed by atoms with Gasteiger partial charge in [-0.3, -0.25) is 4.72 Å². The highest BCUT2D eigenvalue weighted by Crippen LogP contribution is 2.34. The molecule has 1 aliphatic carbocycles. The largest absolute Gasteiger partial charge is 0.383 e. The van der Waals surface area contributed by atoms with Gasteiger partial charge in [-0.05, 0) is 54.7 Å². The van der Waals surface area contributed by atoms with Gasteiger partial charge in [0, 0.05) is 17.8 Å². The summed E-state index contributed by atoms with van der Waals surface area (Å²) in [5.41, 5.74) is 3.83. The number of nitrogens with zero attached hydrogens (tertiary/aromatic N) is 1. The number of sulfonamides is 1. The molecule has 0 fully saturated rings. The molecule has 1 atom stereocenters. The molecule has 0 spiro atoms. The zero-order valence-corrected chi connectivity index (χ0v) is 19.2. The van der Waals surface area contributed by atoms with Crippen LogP contribution in [0.4, 0.5) is 20.3 Å². The number of halogens is 3. The number of benzene rings is 2. The molecule has 0 aliphatic heterocycles. The number of allylic oxidation sites excluding steroid dienone is 1. The van der Waals surface area contributed by atoms with Gasteiger partial charge in [-0.2, -0.15) is 0 Å². The van der Waals surface area contributed by atoms with Gasteiger partial charge in [-0.1, -0.05) is 29.8 Å². The zero-order valence-electron chi connectivity index (χ0n) is 16.8. The zero-order chi connectivity index (χ0) is 22.7. The van der Waals surface area contributed by atoms with E-state index < -0.39 is 20.7 Å². The Kier molecular flexibility index (Phi) is 6.78. The molecule has 3 aromatic rings. The molecule has 5 nitrogen and oxygen atoms in total. The molecule has 1 unspecified atom stereocenters. The van der Waals surface area contributed by atoms with E-state index in [1.54, 1.807) is 12.1 Å². The van der Waals surface area contributed by atoms with E-state index in [1.165, 1.54) is 34.4 Å². The molecule has 168 valence electrons. The standard InChI is InChI=1S/C22H20ClF2N3O2S2/c23-18-9-21(32(29,30)28-22-12-31-13-27-22)19(25)10-20(18)26-11-15-3-1-2-4-17(15)14-5-7-16(24)8-6-14/h4-10,12-13,15,26,28H,1-3,11H2. The summed E-state index contributed by atoms with van der Waals surface area (Å²) in [7, 11) is -4.17. The second-order valence-electron chi connectivity index (χ2n) is 7.42. The summed E-state index contributed by atoms with van der Waals surface area (Å²) in [6, 6.07) is 8.54. The van der Waals surface area contributed by atoms with Crippen molar-refractivity contribution in [2.24, 2.45) is 5.92 Å². The van der Waals surface area contributed by atoms with Crippen LogP contribution in [-0.4, -0.2) is 19.9 Å². The van der Waals surface area contributed by atoms with Gasteiger partial charge in [0.25, 0.3) is 10.0 Å². The highest BCUT2D eigenvalue weighted by atomic mass is 35.5. The average molecular weight is 496 g/mol. The molecular weight excluding hydrogens is 476 g/mol. The summed E-state index contributed by atoms with van der Waals surface area (Å²) >= 11 is 7.50. The van der Waals surface area contributed by atoms with E-state index in [4.69, 9.17) is 11.6 Å². The normalized spacial score (nSPS) is 16.5. The van der Waals surface area contributed by atoms with Gasteiger partial charge >= 0.3 is 0 Å². The minimum atomic E-state index is -4.17. The fraction of sp³-hybridized carbons (Fsp3) is 0.227. The molecule has 1 aromatic heterocycles. The lowest BCUT2D eigenvalue weighted by Gasteiger charge is -2.26. The molecule has 0 bridgehead atoms. The van der Waals surface area contributed by atoms with Gasteiger partial charge in [0.15, 0.2) is 5.82 Å². The van der Waals surface area contributed by atoms with Crippen LogP contribution in [0.5, 0.6) is 0 Å². The number of thiazole rings is 1. The lowest BCUT2D eigenvalue weighted by atomic mass is 9.83. The van der Waals surface area contributed by atoms with Crippen molar-refractivity contribution in [3.8, 4) is 0 Å². The Morgan fingerprint density at radius 1 is 1.19 bits per heavy atom. The summed E-state index contributed by atoms with van der Waals surface area (Å²) in [5.74, 6) is -0.966. The highest BCUT2D eigenvalue weighted by molar-refractivity contribution is 7.92. The molecule has 10 heteroatoms. The van der Waals surface area contributed by atoms with E-state index in [-0.39, 0.29) is 22.6 Å². The first kappa shape index (κ1) is 22.7. The average Bonchev–Trinajstić information content (AvgIpc) is 3.27. The van der Waals surface area contributed by atoms with E-state index in [0.29, 0.717) is 12.2 Å². The number of aromatic nitrogens is 1. The van der Waals surface area contributed by atoms with Gasteiger partial charge < -0.3 is 5.32 Å². The summed E-state index contributed by atoms with van der Waals surface area (Å²) in [6.45, 7) is 0.478. The monoisotopic (exact) mass is 495 g/mol. The van der Waals surface area contributed by atoms with Gasteiger partial charge in [-0.25, -0.2) is 22.2 Å². The van der Waals surface area contributed by atoms with Crippen LogP contribution in [0.1, 0.15) is 24.8 Å². The second kappa shape index (κ2) is 9.56. The van der Waals surface area contributed by atoms with Crippen molar-refractivity contribution in [1.82, 2.24) is 4.98 Å². The first-order valence-electron chi connectivity index (χ1n) is 9.93. The maximum atomic E-state index is 14.7. The Bertz CT molecular complexity index is 1230. The highest BCUT2D eigenvalue weighted by Gasteiger charge is 2.24. The molecule has 0 saturated carbocycles. The third-order valence-corrected chi connectivity index (χ3v) is 7.53. The van der Waals surface area contributed by atoms with Crippen LogP contribution >= 0.6 is 22.9 Å². The molecule has 0 amide bonds. The summed E-state index contributed by atoms with van der Waals surface area (Å²) < 4.78 is 55.3. The van der Waals surface area contributed by atoms with Crippen LogP contribution in [0.25, 0.3) is 5.57 Å². The van der Waals surface area contributed by atoms with Crippen molar-refractivity contribution in [1.29, 1.82) is 0 Å². The van der Waals surface area contributed by atoms with Crippen molar-refractivity contribution in [2.75, 3.05) is 16.6 Å². The van der Waals surface area contributed by atoms with Crippen molar-refractivity contribution in [3.63, 3.8) is 0 Å². The summed E-state index contributed by atoms with van der Waals surface area (Å²) in [4.78, 5) is 3.30. The van der Waals surface area contributed by atoms with E-state index >= 15 is 0 Å². The van der Waals surface area contributed by atoms with Crippen LogP contribution in [-0.2, 0) is 10.0 Å². The van der Waals surface area contributed by atoms with Gasteiger partial charge in [0.05, 0.1) is 16.2 Å². The van der Waals surface area contributed by atoms with E-state index in [1.807, 2.05) is 0 Å². The lowest BCUT2D eigenvalue weighted by Crippen LogP contribution is -2.19. The Morgan fingerprint density at radius 3 is 2.69 bits per heavy atom. The molecule has 2 N–H and O–H groups in total. The molecule has 2 aromatic carbocycles. The minimum Gasteiger partial charge on any atom is -0.383 e. The molecular formula is C22H20ClF2N3O2S2. The Morgan fingerprint density at radius 2 is 1.97 bits per heavy atom. The van der Waals surface area contributed by atoms with Crippen molar-refractivity contribution < 1.29 is 17.2 Å². The van der Waals surface area contributed by atoms with Crippen molar-refractivity contribution in [3.05, 3.63) is 75.6 Å². The minimum absolute atomic E-state index is 0.0909. The molecule has 1 heterocycles. The van der Waals surface area contributed by atoms with Gasteiger partial charge in [0.1, 0.15) is 16.5 Å². The SMILES string of the molecule is O=S(=O)(Nc1cscn1)c1cc(Cl)c(NCC2CCCC=C2c2ccc(F)cc2)cc1F. The molecule has 0 radical (unpaired) electrons. The van der Waals surface area contributed by atoms with E-state index in [0.717, 1.165) is 42.5 Å². The van der Waals surface area contributed by atoms with Crippen LogP contribution in [0.2, 0.25) is 5.02 Å². The Hall–Kier alpha value is -2.49. The predicted molar refractivity (Wildman–Crippen MR) is 125 cm³/mol. The van der Waals surface area contributed by atoms with Crippen molar-refractivity contribution in [2.45, 2.75) is 24.2 Å². The first-order valence-corrected chi connectivity index (χ1v) is 12.7. The molecule has 1 aliphatic rings. The van der Waals surface area contributed by atoms with Crippen LogP contribution < -0.4 is 10.0 Å². The smallest absolute Gasteiger partial charge is 0.266 e. The number of nitrogens with one attached hydrogen (secondary N) is 2. The Balaban J connectivity index is 1.51. The quantitative estimate of drug-likeness (QED) is 0.411. The third kappa shape index (κ3) is 5.11. The third-order valence-electron chi connectivity index (χ3n) is 5.26. The maximum absolute atomic E-state index is 14.7. The first-order chi connectivity index (χ1) is 15.3. The fourth-order valence-corrected chi connectivity index (χ4v) is 5.65.